The number of hydrogen-bond acceptors (Lipinski definition) is 5. The fourth-order valence-corrected chi connectivity index (χ4v) is 1.27. The summed E-state index contributed by atoms with van der Waals surface area (Å²) in [6, 6.07) is -1.10. The second-order valence-corrected chi connectivity index (χ2v) is 3.72. The Morgan fingerprint density at radius 1 is 1.61 bits per heavy atom. The van der Waals surface area contributed by atoms with Gasteiger partial charge in [-0.1, -0.05) is 0 Å². The van der Waals surface area contributed by atoms with Gasteiger partial charge in [-0.15, -0.1) is 0 Å². The predicted octanol–water partition coefficient (Wildman–Crippen LogP) is -0.127. The second-order valence-electron chi connectivity index (χ2n) is 3.72. The molecular formula is C9H12N4O5. The molecule has 9 nitrogen and oxygen atoms in total. The Balaban J connectivity index is 3.11. The van der Waals surface area contributed by atoms with E-state index in [-0.39, 0.29) is 5.69 Å². The summed E-state index contributed by atoms with van der Waals surface area (Å²) in [4.78, 5) is 33.5. The molecule has 0 bridgehead atoms. The molecule has 0 aromatic carbocycles. The number of likely N-dealkylation sites (N-methyl/N-ethyl adjacent to an activating group) is 1. The van der Waals surface area contributed by atoms with Crippen LogP contribution in [0.15, 0.2) is 6.20 Å². The number of carbonyl (C=O) groups excluding carboxylic acids is 1. The van der Waals surface area contributed by atoms with Crippen molar-refractivity contribution in [3.05, 3.63) is 22.0 Å². The van der Waals surface area contributed by atoms with Crippen LogP contribution >= 0.6 is 0 Å². The van der Waals surface area contributed by atoms with Crippen LogP contribution in [0.4, 0.5) is 5.69 Å². The van der Waals surface area contributed by atoms with E-state index in [1.165, 1.54) is 21.0 Å². The number of rotatable bonds is 4. The average Bonchev–Trinajstić information content (AvgIpc) is 2.68. The molecule has 1 amide bonds. The molecule has 0 fully saturated rings. The number of amides is 1. The third kappa shape index (κ3) is 2.44. The molecule has 1 unspecified atom stereocenters. The van der Waals surface area contributed by atoms with Crippen LogP contribution in [0.3, 0.4) is 0 Å². The first-order chi connectivity index (χ1) is 8.25. The Morgan fingerprint density at radius 3 is 2.61 bits per heavy atom. The lowest BCUT2D eigenvalue weighted by molar-refractivity contribution is -0.385. The molecule has 1 atom stereocenters. The molecule has 1 aromatic rings. The van der Waals surface area contributed by atoms with Crippen molar-refractivity contribution in [2.45, 2.75) is 13.0 Å². The maximum Gasteiger partial charge on any atom is 0.326 e. The van der Waals surface area contributed by atoms with Gasteiger partial charge < -0.3 is 10.0 Å². The summed E-state index contributed by atoms with van der Waals surface area (Å²) >= 11 is 0. The van der Waals surface area contributed by atoms with Crippen LogP contribution in [0.1, 0.15) is 17.4 Å². The number of hydrogen-bond donors (Lipinski definition) is 1. The van der Waals surface area contributed by atoms with E-state index in [0.717, 1.165) is 15.8 Å². The number of carbonyl (C=O) groups is 2. The van der Waals surface area contributed by atoms with Crippen molar-refractivity contribution in [2.75, 3.05) is 7.05 Å². The number of carboxylic acid groups (broad SMARTS) is 1. The first-order valence-electron chi connectivity index (χ1n) is 4.93. The molecule has 1 rings (SSSR count). The molecule has 18 heavy (non-hydrogen) atoms. The third-order valence-corrected chi connectivity index (χ3v) is 2.47. The summed E-state index contributed by atoms with van der Waals surface area (Å²) in [6.07, 6.45) is 1.09. The van der Waals surface area contributed by atoms with Gasteiger partial charge in [0, 0.05) is 14.1 Å². The van der Waals surface area contributed by atoms with Gasteiger partial charge in [0.1, 0.15) is 12.2 Å². The van der Waals surface area contributed by atoms with Crippen molar-refractivity contribution >= 4 is 17.6 Å². The van der Waals surface area contributed by atoms with Crippen molar-refractivity contribution in [3.63, 3.8) is 0 Å². The van der Waals surface area contributed by atoms with Gasteiger partial charge in [-0.3, -0.25) is 19.6 Å². The van der Waals surface area contributed by atoms with E-state index >= 15 is 0 Å². The van der Waals surface area contributed by atoms with Crippen LogP contribution in [0.2, 0.25) is 0 Å². The predicted molar refractivity (Wildman–Crippen MR) is 59.1 cm³/mol. The van der Waals surface area contributed by atoms with E-state index in [4.69, 9.17) is 5.11 Å². The van der Waals surface area contributed by atoms with Crippen LogP contribution < -0.4 is 0 Å². The zero-order chi connectivity index (χ0) is 14.0. The lowest BCUT2D eigenvalue weighted by atomic mass is 10.2. The first kappa shape index (κ1) is 13.6. The largest absolute Gasteiger partial charge is 0.480 e. The fourth-order valence-electron chi connectivity index (χ4n) is 1.27. The van der Waals surface area contributed by atoms with Gasteiger partial charge in [-0.2, -0.15) is 5.10 Å². The van der Waals surface area contributed by atoms with Crippen molar-refractivity contribution in [3.8, 4) is 0 Å². The highest BCUT2D eigenvalue weighted by Crippen LogP contribution is 2.18. The summed E-state index contributed by atoms with van der Waals surface area (Å²) in [5.41, 5.74) is -0.829. The topological polar surface area (TPSA) is 119 Å². The van der Waals surface area contributed by atoms with Crippen LogP contribution in [0.25, 0.3) is 0 Å². The summed E-state index contributed by atoms with van der Waals surface area (Å²) < 4.78 is 1.13. The molecule has 98 valence electrons. The number of nitro groups is 1. The number of aromatic nitrogens is 2. The minimum atomic E-state index is -1.20. The van der Waals surface area contributed by atoms with Crippen molar-refractivity contribution < 1.29 is 19.6 Å². The van der Waals surface area contributed by atoms with E-state index in [1.54, 1.807) is 0 Å². The van der Waals surface area contributed by atoms with E-state index in [9.17, 15) is 19.7 Å². The number of aryl methyl sites for hydroxylation is 1. The molecule has 0 saturated heterocycles. The number of nitrogens with zero attached hydrogens (tertiary/aromatic N) is 4. The van der Waals surface area contributed by atoms with Crippen molar-refractivity contribution in [1.82, 2.24) is 14.7 Å². The molecule has 1 heterocycles. The molecule has 9 heteroatoms. The Bertz CT molecular complexity index is 509. The SMILES string of the molecule is CC(C(=O)O)N(C)C(=O)c1nn(C)cc1[N+](=O)[O-]. The Morgan fingerprint density at radius 2 is 2.17 bits per heavy atom. The quantitative estimate of drug-likeness (QED) is 0.592. The highest BCUT2D eigenvalue weighted by molar-refractivity contribution is 5.97. The maximum atomic E-state index is 11.9. The minimum Gasteiger partial charge on any atom is -0.480 e. The van der Waals surface area contributed by atoms with Gasteiger partial charge in [0.15, 0.2) is 0 Å². The van der Waals surface area contributed by atoms with Crippen LogP contribution in [0.5, 0.6) is 0 Å². The minimum absolute atomic E-state index is 0.377. The average molecular weight is 256 g/mol. The summed E-state index contributed by atoms with van der Waals surface area (Å²) in [5, 5.41) is 23.2. The van der Waals surface area contributed by atoms with Crippen LogP contribution in [-0.4, -0.2) is 49.7 Å². The molecule has 0 radical (unpaired) electrons. The molecule has 0 aliphatic rings. The zero-order valence-corrected chi connectivity index (χ0v) is 10.0. The Kier molecular flexibility index (Phi) is 3.64. The van der Waals surface area contributed by atoms with Gasteiger partial charge in [-0.05, 0) is 6.92 Å². The van der Waals surface area contributed by atoms with Gasteiger partial charge in [0.25, 0.3) is 5.91 Å². The molecule has 0 aliphatic carbocycles. The van der Waals surface area contributed by atoms with Crippen LogP contribution in [0, 0.1) is 10.1 Å². The Hall–Kier alpha value is -2.45. The highest BCUT2D eigenvalue weighted by atomic mass is 16.6. The van der Waals surface area contributed by atoms with Gasteiger partial charge in [-0.25, -0.2) is 4.79 Å². The molecule has 0 aliphatic heterocycles. The first-order valence-corrected chi connectivity index (χ1v) is 4.93. The molecule has 1 aromatic heterocycles. The standard InChI is InChI=1S/C9H12N4O5/c1-5(9(15)16)12(3)8(14)7-6(13(17)18)4-11(2)10-7/h4-5H,1-3H3,(H,15,16). The fraction of sp³-hybridized carbons (Fsp3) is 0.444. The monoisotopic (exact) mass is 256 g/mol. The molecule has 0 spiro atoms. The van der Waals surface area contributed by atoms with E-state index in [0.29, 0.717) is 0 Å². The highest BCUT2D eigenvalue weighted by Gasteiger charge is 2.31. The maximum absolute atomic E-state index is 11.9. The van der Waals surface area contributed by atoms with E-state index in [1.807, 2.05) is 0 Å². The number of aliphatic carboxylic acids is 1. The molecule has 0 saturated carbocycles. The smallest absolute Gasteiger partial charge is 0.326 e. The lowest BCUT2D eigenvalue weighted by Crippen LogP contribution is -2.40. The summed E-state index contributed by atoms with van der Waals surface area (Å²) in [6.45, 7) is 1.30. The lowest BCUT2D eigenvalue weighted by Gasteiger charge is -2.19. The van der Waals surface area contributed by atoms with Crippen molar-refractivity contribution in [1.29, 1.82) is 0 Å². The van der Waals surface area contributed by atoms with Gasteiger partial charge in [0.2, 0.25) is 5.69 Å². The molecular weight excluding hydrogens is 244 g/mol. The summed E-state index contributed by atoms with van der Waals surface area (Å²) in [7, 11) is 2.68. The van der Waals surface area contributed by atoms with Gasteiger partial charge in [0.05, 0.1) is 4.92 Å². The zero-order valence-electron chi connectivity index (χ0n) is 10.0. The molecule has 1 N–H and O–H groups in total. The van der Waals surface area contributed by atoms with E-state index in [2.05, 4.69) is 5.10 Å². The van der Waals surface area contributed by atoms with Gasteiger partial charge >= 0.3 is 11.7 Å². The second kappa shape index (κ2) is 4.82. The normalized spacial score (nSPS) is 11.9. The number of carboxylic acids is 1. The van der Waals surface area contributed by atoms with Crippen LogP contribution in [-0.2, 0) is 11.8 Å². The summed E-state index contributed by atoms with van der Waals surface area (Å²) in [5.74, 6) is -2.01. The third-order valence-electron chi connectivity index (χ3n) is 2.47. The van der Waals surface area contributed by atoms with E-state index < -0.39 is 28.5 Å². The Labute approximate surface area is 102 Å². The van der Waals surface area contributed by atoms with Crippen molar-refractivity contribution in [2.24, 2.45) is 7.05 Å².